The van der Waals surface area contributed by atoms with Crippen LogP contribution in [0.1, 0.15) is 37.0 Å². The third-order valence-corrected chi connectivity index (χ3v) is 3.94. The third-order valence-electron chi connectivity index (χ3n) is 3.94. The van der Waals surface area contributed by atoms with Crippen molar-refractivity contribution in [2.24, 2.45) is 11.1 Å². The van der Waals surface area contributed by atoms with E-state index in [1.165, 1.54) is 24.3 Å². The van der Waals surface area contributed by atoms with Gasteiger partial charge in [0.25, 0.3) is 5.91 Å². The van der Waals surface area contributed by atoms with E-state index in [0.717, 1.165) is 0 Å². The van der Waals surface area contributed by atoms with Crippen LogP contribution in [0.25, 0.3) is 0 Å². The highest BCUT2D eigenvalue weighted by Crippen LogP contribution is 2.25. The molecule has 0 saturated carbocycles. The Kier molecular flexibility index (Phi) is 6.56. The first kappa shape index (κ1) is 18.5. The Morgan fingerprint density at radius 3 is 2.17 bits per heavy atom. The summed E-state index contributed by atoms with van der Waals surface area (Å²) in [7, 11) is 0. The Labute approximate surface area is 134 Å². The Morgan fingerprint density at radius 1 is 1.17 bits per heavy atom. The predicted molar refractivity (Wildman–Crippen MR) is 84.1 cm³/mol. The van der Waals surface area contributed by atoms with E-state index >= 15 is 0 Å². The molecule has 1 rings (SSSR count). The largest absolute Gasteiger partial charge is 0.484 e. The summed E-state index contributed by atoms with van der Waals surface area (Å²) in [4.78, 5) is 34.1. The summed E-state index contributed by atoms with van der Waals surface area (Å²) >= 11 is 0. The van der Waals surface area contributed by atoms with Crippen LogP contribution in [0.3, 0.4) is 0 Å². The van der Waals surface area contributed by atoms with Crippen molar-refractivity contribution in [3.05, 3.63) is 29.8 Å². The van der Waals surface area contributed by atoms with E-state index in [4.69, 9.17) is 10.5 Å². The lowest BCUT2D eigenvalue weighted by Crippen LogP contribution is -2.43. The molecule has 0 radical (unpaired) electrons. The summed E-state index contributed by atoms with van der Waals surface area (Å²) < 4.78 is 5.28. The minimum Gasteiger partial charge on any atom is -0.484 e. The molecule has 0 saturated heterocycles. The number of primary amides is 1. The summed E-state index contributed by atoms with van der Waals surface area (Å²) in [5, 5.41) is 11.9. The summed E-state index contributed by atoms with van der Waals surface area (Å²) in [5.41, 5.74) is 4.51. The summed E-state index contributed by atoms with van der Waals surface area (Å²) in [5.74, 6) is -1.46. The van der Waals surface area contributed by atoms with Crippen molar-refractivity contribution in [1.29, 1.82) is 0 Å². The van der Waals surface area contributed by atoms with Gasteiger partial charge < -0.3 is 20.9 Å². The minimum absolute atomic E-state index is 0.0537. The first-order valence-electron chi connectivity index (χ1n) is 7.37. The fourth-order valence-electron chi connectivity index (χ4n) is 2.06. The minimum atomic E-state index is -0.960. The number of amides is 2. The van der Waals surface area contributed by atoms with E-state index in [-0.39, 0.29) is 13.2 Å². The smallest absolute Gasteiger partial charge is 0.311 e. The van der Waals surface area contributed by atoms with Gasteiger partial charge in [-0.1, -0.05) is 13.8 Å². The lowest BCUT2D eigenvalue weighted by molar-refractivity contribution is -0.149. The molecule has 0 bridgehead atoms. The topological polar surface area (TPSA) is 119 Å². The molecule has 0 spiro atoms. The number of carboxylic acids is 1. The Bertz CT molecular complexity index is 564. The molecular weight excluding hydrogens is 300 g/mol. The lowest BCUT2D eigenvalue weighted by Gasteiger charge is -2.26. The molecule has 0 aliphatic rings. The number of carbonyl (C=O) groups is 3. The zero-order chi connectivity index (χ0) is 17.5. The van der Waals surface area contributed by atoms with Crippen molar-refractivity contribution in [1.82, 2.24) is 5.32 Å². The number of nitrogens with two attached hydrogens (primary N) is 1. The van der Waals surface area contributed by atoms with Crippen LogP contribution < -0.4 is 15.8 Å². The van der Waals surface area contributed by atoms with Crippen LogP contribution in [-0.4, -0.2) is 36.0 Å². The summed E-state index contributed by atoms with van der Waals surface area (Å²) in [6, 6.07) is 6.07. The second-order valence-corrected chi connectivity index (χ2v) is 5.25. The number of hydrogen-bond acceptors (Lipinski definition) is 4. The first-order valence-corrected chi connectivity index (χ1v) is 7.37. The van der Waals surface area contributed by atoms with Crippen LogP contribution in [-0.2, 0) is 9.59 Å². The van der Waals surface area contributed by atoms with Gasteiger partial charge in [0, 0.05) is 12.1 Å². The molecule has 0 unspecified atom stereocenters. The number of hydrogen-bond donors (Lipinski definition) is 3. The maximum Gasteiger partial charge on any atom is 0.311 e. The maximum absolute atomic E-state index is 11.8. The molecular formula is C16H22N2O5. The maximum atomic E-state index is 11.8. The van der Waals surface area contributed by atoms with Crippen molar-refractivity contribution in [3.8, 4) is 5.75 Å². The Balaban J connectivity index is 2.51. The molecule has 126 valence electrons. The van der Waals surface area contributed by atoms with Crippen LogP contribution in [0.15, 0.2) is 24.3 Å². The molecule has 0 heterocycles. The number of rotatable bonds is 9. The number of nitrogens with one attached hydrogen (secondary N) is 1. The van der Waals surface area contributed by atoms with E-state index < -0.39 is 23.2 Å². The van der Waals surface area contributed by atoms with Gasteiger partial charge in [-0.2, -0.15) is 0 Å². The highest BCUT2D eigenvalue weighted by atomic mass is 16.5. The van der Waals surface area contributed by atoms with E-state index in [2.05, 4.69) is 5.32 Å². The number of ether oxygens (including phenoxy) is 1. The molecule has 1 aromatic rings. The summed E-state index contributed by atoms with van der Waals surface area (Å²) in [6.45, 7) is 3.37. The van der Waals surface area contributed by atoms with Gasteiger partial charge in [0.2, 0.25) is 5.91 Å². The molecule has 7 heteroatoms. The van der Waals surface area contributed by atoms with Crippen LogP contribution in [0.4, 0.5) is 0 Å². The van der Waals surface area contributed by atoms with Gasteiger partial charge in [-0.15, -0.1) is 0 Å². The first-order chi connectivity index (χ1) is 10.8. The van der Waals surface area contributed by atoms with E-state index in [1.807, 2.05) is 0 Å². The fraction of sp³-hybridized carbons (Fsp3) is 0.438. The number of benzene rings is 1. The molecule has 0 fully saturated rings. The number of aliphatic carboxylic acids is 1. The number of carboxylic acid groups (broad SMARTS) is 1. The standard InChI is InChI=1S/C16H22N2O5/c1-3-16(4-2,15(21)22)10-18-13(19)9-23-12-7-5-11(6-8-12)14(17)20/h5-8H,3-4,9-10H2,1-2H3,(H2,17,20)(H,18,19)(H,21,22). The van der Waals surface area contributed by atoms with Gasteiger partial charge in [0.05, 0.1) is 5.41 Å². The average Bonchev–Trinajstić information content (AvgIpc) is 2.54. The average molecular weight is 322 g/mol. The van der Waals surface area contributed by atoms with E-state index in [1.54, 1.807) is 13.8 Å². The second-order valence-electron chi connectivity index (χ2n) is 5.25. The fourth-order valence-corrected chi connectivity index (χ4v) is 2.06. The molecule has 0 aliphatic carbocycles. The zero-order valence-electron chi connectivity index (χ0n) is 13.3. The van der Waals surface area contributed by atoms with Gasteiger partial charge in [0.15, 0.2) is 6.61 Å². The highest BCUT2D eigenvalue weighted by Gasteiger charge is 2.35. The molecule has 7 nitrogen and oxygen atoms in total. The van der Waals surface area contributed by atoms with E-state index in [0.29, 0.717) is 24.2 Å². The molecule has 2 amide bonds. The van der Waals surface area contributed by atoms with Crippen molar-refractivity contribution in [2.45, 2.75) is 26.7 Å². The van der Waals surface area contributed by atoms with Gasteiger partial charge >= 0.3 is 5.97 Å². The van der Waals surface area contributed by atoms with Gasteiger partial charge in [-0.3, -0.25) is 14.4 Å². The van der Waals surface area contributed by atoms with Crippen molar-refractivity contribution >= 4 is 17.8 Å². The van der Waals surface area contributed by atoms with Gasteiger partial charge in [-0.25, -0.2) is 0 Å². The van der Waals surface area contributed by atoms with Gasteiger partial charge in [-0.05, 0) is 37.1 Å². The normalized spacial score (nSPS) is 10.9. The van der Waals surface area contributed by atoms with Crippen LogP contribution in [0.5, 0.6) is 5.75 Å². The van der Waals surface area contributed by atoms with Crippen LogP contribution in [0.2, 0.25) is 0 Å². The van der Waals surface area contributed by atoms with Crippen molar-refractivity contribution < 1.29 is 24.2 Å². The number of carbonyl (C=O) groups excluding carboxylic acids is 2. The van der Waals surface area contributed by atoms with Crippen molar-refractivity contribution in [3.63, 3.8) is 0 Å². The third kappa shape index (κ3) is 4.98. The van der Waals surface area contributed by atoms with Crippen LogP contribution in [0, 0.1) is 5.41 Å². The SMILES string of the molecule is CCC(CC)(CNC(=O)COc1ccc(C(N)=O)cc1)C(=O)O. The molecule has 4 N–H and O–H groups in total. The quantitative estimate of drug-likeness (QED) is 0.630. The molecule has 1 aromatic carbocycles. The Morgan fingerprint density at radius 2 is 1.74 bits per heavy atom. The van der Waals surface area contributed by atoms with Crippen molar-refractivity contribution in [2.75, 3.05) is 13.2 Å². The molecule has 0 atom stereocenters. The molecule has 23 heavy (non-hydrogen) atoms. The summed E-state index contributed by atoms with van der Waals surface area (Å²) in [6.07, 6.45) is 0.850. The second kappa shape index (κ2) is 8.17. The Hall–Kier alpha value is -2.57. The van der Waals surface area contributed by atoms with Crippen LogP contribution >= 0.6 is 0 Å². The predicted octanol–water partition coefficient (Wildman–Crippen LogP) is 1.17. The van der Waals surface area contributed by atoms with E-state index in [9.17, 15) is 19.5 Å². The monoisotopic (exact) mass is 322 g/mol. The highest BCUT2D eigenvalue weighted by molar-refractivity contribution is 5.92. The van der Waals surface area contributed by atoms with Gasteiger partial charge in [0.1, 0.15) is 5.75 Å². The lowest BCUT2D eigenvalue weighted by atomic mass is 9.82. The molecule has 0 aliphatic heterocycles. The molecule has 0 aromatic heterocycles. The zero-order valence-corrected chi connectivity index (χ0v) is 13.3.